The lowest BCUT2D eigenvalue weighted by atomic mass is 9.95. The zero-order valence-electron chi connectivity index (χ0n) is 11.3. The van der Waals surface area contributed by atoms with Crippen LogP contribution in [0.2, 0.25) is 0 Å². The monoisotopic (exact) mass is 284 g/mol. The zero-order chi connectivity index (χ0) is 15.2. The normalized spacial score (nSPS) is 11.6. The number of aliphatic carboxylic acids is 1. The van der Waals surface area contributed by atoms with E-state index in [-0.39, 0.29) is 6.42 Å². The van der Waals surface area contributed by atoms with Gasteiger partial charge < -0.3 is 16.2 Å². The fourth-order valence-electron chi connectivity index (χ4n) is 2.04. The van der Waals surface area contributed by atoms with Crippen LogP contribution < -0.4 is 11.1 Å². The molecule has 5 heteroatoms. The maximum atomic E-state index is 11.2. The molecule has 21 heavy (non-hydrogen) atoms. The van der Waals surface area contributed by atoms with Crippen molar-refractivity contribution in [2.45, 2.75) is 12.3 Å². The molecule has 0 bridgehead atoms. The smallest absolute Gasteiger partial charge is 0.311 e. The first kappa shape index (κ1) is 14.6. The molecule has 0 spiro atoms. The molecular formula is C16H16N2O3. The van der Waals surface area contributed by atoms with Crippen molar-refractivity contribution >= 4 is 23.3 Å². The van der Waals surface area contributed by atoms with Gasteiger partial charge in [0.15, 0.2) is 0 Å². The average Bonchev–Trinajstić information content (AvgIpc) is 2.46. The van der Waals surface area contributed by atoms with Crippen LogP contribution in [0, 0.1) is 0 Å². The number of carboxylic acids is 1. The largest absolute Gasteiger partial charge is 0.481 e. The van der Waals surface area contributed by atoms with Crippen molar-refractivity contribution in [2.75, 3.05) is 5.32 Å². The molecule has 1 unspecified atom stereocenters. The summed E-state index contributed by atoms with van der Waals surface area (Å²) in [4.78, 5) is 22.1. The quantitative estimate of drug-likeness (QED) is 0.759. The average molecular weight is 284 g/mol. The second kappa shape index (κ2) is 6.56. The van der Waals surface area contributed by atoms with Crippen molar-refractivity contribution < 1.29 is 14.7 Å². The van der Waals surface area contributed by atoms with Gasteiger partial charge in [-0.1, -0.05) is 30.3 Å². The first-order valence-corrected chi connectivity index (χ1v) is 6.49. The van der Waals surface area contributed by atoms with E-state index in [1.54, 1.807) is 24.3 Å². The Kier molecular flexibility index (Phi) is 4.56. The number of anilines is 2. The number of para-hydroxylation sites is 1. The van der Waals surface area contributed by atoms with Crippen molar-refractivity contribution in [1.82, 2.24) is 0 Å². The van der Waals surface area contributed by atoms with E-state index in [1.165, 1.54) is 0 Å². The standard InChI is InChI=1S/C16H16N2O3/c17-15(19)10-14(16(20)21)11-6-8-13(9-7-11)18-12-4-2-1-3-5-12/h1-9,14,18H,10H2,(H2,17,19)(H,20,21). The third-order valence-electron chi connectivity index (χ3n) is 3.08. The minimum atomic E-state index is -1.06. The Morgan fingerprint density at radius 1 is 1.00 bits per heavy atom. The lowest BCUT2D eigenvalue weighted by Gasteiger charge is -2.12. The summed E-state index contributed by atoms with van der Waals surface area (Å²) in [5.41, 5.74) is 7.42. The number of carbonyl (C=O) groups is 2. The number of carboxylic acid groups (broad SMARTS) is 1. The Labute approximate surface area is 122 Å². The molecule has 0 aliphatic carbocycles. The summed E-state index contributed by atoms with van der Waals surface area (Å²) < 4.78 is 0. The number of primary amides is 1. The van der Waals surface area contributed by atoms with Crippen LogP contribution in [0.1, 0.15) is 17.9 Å². The predicted molar refractivity (Wildman–Crippen MR) is 80.4 cm³/mol. The van der Waals surface area contributed by atoms with Gasteiger partial charge in [-0.15, -0.1) is 0 Å². The highest BCUT2D eigenvalue weighted by Gasteiger charge is 2.21. The molecule has 0 aliphatic heterocycles. The van der Waals surface area contributed by atoms with Gasteiger partial charge in [-0.25, -0.2) is 0 Å². The minimum absolute atomic E-state index is 0.208. The number of nitrogens with one attached hydrogen (secondary N) is 1. The third-order valence-corrected chi connectivity index (χ3v) is 3.08. The summed E-state index contributed by atoms with van der Waals surface area (Å²) in [5.74, 6) is -2.60. The minimum Gasteiger partial charge on any atom is -0.481 e. The molecule has 0 fully saturated rings. The van der Waals surface area contributed by atoms with E-state index in [9.17, 15) is 9.59 Å². The number of benzene rings is 2. The van der Waals surface area contributed by atoms with Gasteiger partial charge in [0.1, 0.15) is 0 Å². The summed E-state index contributed by atoms with van der Waals surface area (Å²) in [7, 11) is 0. The fraction of sp³-hybridized carbons (Fsp3) is 0.125. The van der Waals surface area contributed by atoms with Crippen LogP contribution in [-0.2, 0) is 9.59 Å². The van der Waals surface area contributed by atoms with Crippen molar-refractivity contribution in [3.8, 4) is 0 Å². The number of hydrogen-bond donors (Lipinski definition) is 3. The number of nitrogens with two attached hydrogens (primary N) is 1. The predicted octanol–water partition coefficient (Wildman–Crippen LogP) is 2.47. The lowest BCUT2D eigenvalue weighted by Crippen LogP contribution is -2.20. The maximum Gasteiger partial charge on any atom is 0.311 e. The van der Waals surface area contributed by atoms with Crippen LogP contribution in [-0.4, -0.2) is 17.0 Å². The summed E-state index contributed by atoms with van der Waals surface area (Å²) in [6.07, 6.45) is -0.208. The van der Waals surface area contributed by atoms with Crippen molar-refractivity contribution in [3.05, 3.63) is 60.2 Å². The lowest BCUT2D eigenvalue weighted by molar-refractivity contribution is -0.140. The zero-order valence-corrected chi connectivity index (χ0v) is 11.3. The van der Waals surface area contributed by atoms with E-state index in [0.717, 1.165) is 11.4 Å². The Balaban J connectivity index is 2.14. The van der Waals surface area contributed by atoms with Crippen LogP contribution in [0.25, 0.3) is 0 Å². The number of carbonyl (C=O) groups excluding carboxylic acids is 1. The van der Waals surface area contributed by atoms with E-state index >= 15 is 0 Å². The highest BCUT2D eigenvalue weighted by Crippen LogP contribution is 2.23. The molecule has 2 rings (SSSR count). The van der Waals surface area contributed by atoms with Crippen molar-refractivity contribution in [2.24, 2.45) is 5.73 Å². The van der Waals surface area contributed by atoms with Gasteiger partial charge in [0.2, 0.25) is 5.91 Å². The van der Waals surface area contributed by atoms with Crippen LogP contribution in [0.15, 0.2) is 54.6 Å². The molecule has 2 aromatic rings. The molecule has 0 aromatic heterocycles. The van der Waals surface area contributed by atoms with E-state index < -0.39 is 17.8 Å². The molecule has 0 aliphatic rings. The SMILES string of the molecule is NC(=O)CC(C(=O)O)c1ccc(Nc2ccccc2)cc1. The van der Waals surface area contributed by atoms with E-state index in [1.807, 2.05) is 30.3 Å². The molecule has 1 amide bonds. The first-order chi connectivity index (χ1) is 10.1. The highest BCUT2D eigenvalue weighted by atomic mass is 16.4. The molecule has 0 heterocycles. The topological polar surface area (TPSA) is 92.4 Å². The van der Waals surface area contributed by atoms with Crippen LogP contribution in [0.3, 0.4) is 0 Å². The molecule has 1 atom stereocenters. The molecule has 108 valence electrons. The molecule has 0 saturated heterocycles. The van der Waals surface area contributed by atoms with Gasteiger partial charge in [0.25, 0.3) is 0 Å². The van der Waals surface area contributed by atoms with E-state index in [0.29, 0.717) is 5.56 Å². The van der Waals surface area contributed by atoms with Crippen LogP contribution >= 0.6 is 0 Å². The van der Waals surface area contributed by atoms with Gasteiger partial charge in [-0.3, -0.25) is 9.59 Å². The number of rotatable bonds is 6. The Morgan fingerprint density at radius 2 is 1.57 bits per heavy atom. The molecule has 2 aromatic carbocycles. The maximum absolute atomic E-state index is 11.2. The summed E-state index contributed by atoms with van der Waals surface area (Å²) in [6.45, 7) is 0. The summed E-state index contributed by atoms with van der Waals surface area (Å²) in [5, 5.41) is 12.4. The molecule has 0 saturated carbocycles. The van der Waals surface area contributed by atoms with Gasteiger partial charge in [0.05, 0.1) is 5.92 Å². The van der Waals surface area contributed by atoms with Crippen molar-refractivity contribution in [3.63, 3.8) is 0 Å². The second-order valence-electron chi connectivity index (χ2n) is 4.67. The molecule has 4 N–H and O–H groups in total. The third kappa shape index (κ3) is 4.07. The number of amides is 1. The van der Waals surface area contributed by atoms with E-state index in [2.05, 4.69) is 5.32 Å². The first-order valence-electron chi connectivity index (χ1n) is 6.49. The second-order valence-corrected chi connectivity index (χ2v) is 4.67. The summed E-state index contributed by atoms with van der Waals surface area (Å²) in [6, 6.07) is 16.6. The molecule has 0 radical (unpaired) electrons. The fourth-order valence-corrected chi connectivity index (χ4v) is 2.04. The Morgan fingerprint density at radius 3 is 2.10 bits per heavy atom. The Bertz CT molecular complexity index is 624. The molecule has 5 nitrogen and oxygen atoms in total. The van der Waals surface area contributed by atoms with Crippen LogP contribution in [0.5, 0.6) is 0 Å². The molecular weight excluding hydrogens is 268 g/mol. The van der Waals surface area contributed by atoms with Crippen LogP contribution in [0.4, 0.5) is 11.4 Å². The van der Waals surface area contributed by atoms with E-state index in [4.69, 9.17) is 10.8 Å². The van der Waals surface area contributed by atoms with Gasteiger partial charge in [-0.2, -0.15) is 0 Å². The highest BCUT2D eigenvalue weighted by molar-refractivity contribution is 5.85. The number of hydrogen-bond acceptors (Lipinski definition) is 3. The Hall–Kier alpha value is -2.82. The van der Waals surface area contributed by atoms with Crippen molar-refractivity contribution in [1.29, 1.82) is 0 Å². The van der Waals surface area contributed by atoms with Gasteiger partial charge >= 0.3 is 5.97 Å². The summed E-state index contributed by atoms with van der Waals surface area (Å²) >= 11 is 0. The van der Waals surface area contributed by atoms with Gasteiger partial charge in [0, 0.05) is 17.8 Å². The van der Waals surface area contributed by atoms with Gasteiger partial charge in [-0.05, 0) is 29.8 Å².